The van der Waals surface area contributed by atoms with Gasteiger partial charge in [0, 0.05) is 22.3 Å². The van der Waals surface area contributed by atoms with E-state index in [4.69, 9.17) is 0 Å². The molecule has 2 aliphatic rings. The highest BCUT2D eigenvalue weighted by atomic mass is 32.1. The van der Waals surface area contributed by atoms with Crippen molar-refractivity contribution in [2.24, 2.45) is 0 Å². The van der Waals surface area contributed by atoms with Crippen molar-refractivity contribution in [1.29, 1.82) is 0 Å². The second-order valence-corrected chi connectivity index (χ2v) is 11.0. The number of urea groups is 1. The zero-order chi connectivity index (χ0) is 24.1. The van der Waals surface area contributed by atoms with Crippen LogP contribution >= 0.6 is 11.3 Å². The molecule has 1 unspecified atom stereocenters. The zero-order valence-corrected chi connectivity index (χ0v) is 21.4. The van der Waals surface area contributed by atoms with Crippen LogP contribution in [-0.2, 0) is 19.4 Å². The molecule has 1 atom stereocenters. The molecule has 5 heteroatoms. The van der Waals surface area contributed by atoms with E-state index in [1.165, 1.54) is 45.0 Å². The van der Waals surface area contributed by atoms with Gasteiger partial charge in [0.15, 0.2) is 0 Å². The number of fused-ring (bicyclic) bond motifs is 5. The number of carbonyl (C=O) groups is 1. The Labute approximate surface area is 211 Å². The van der Waals surface area contributed by atoms with E-state index in [1.54, 1.807) is 0 Å². The first-order valence-electron chi connectivity index (χ1n) is 12.5. The molecule has 1 aliphatic heterocycles. The first-order valence-corrected chi connectivity index (χ1v) is 13.3. The van der Waals surface area contributed by atoms with Crippen molar-refractivity contribution >= 4 is 23.1 Å². The van der Waals surface area contributed by atoms with Gasteiger partial charge in [-0.2, -0.15) is 0 Å². The molecule has 4 aromatic rings. The number of hydrogen-bond donors (Lipinski definition) is 1. The van der Waals surface area contributed by atoms with Crippen LogP contribution in [0.15, 0.2) is 60.8 Å². The number of hydrogen-bond acceptors (Lipinski definition) is 2. The third-order valence-corrected chi connectivity index (χ3v) is 8.98. The van der Waals surface area contributed by atoms with Gasteiger partial charge in [0.2, 0.25) is 0 Å². The third kappa shape index (κ3) is 3.79. The summed E-state index contributed by atoms with van der Waals surface area (Å²) in [5.74, 6) is 0. The van der Waals surface area contributed by atoms with Crippen LogP contribution in [-0.4, -0.2) is 15.5 Å². The first-order chi connectivity index (χ1) is 17.0. The number of thiophene rings is 1. The molecule has 3 heterocycles. The van der Waals surface area contributed by atoms with E-state index < -0.39 is 0 Å². The summed E-state index contributed by atoms with van der Waals surface area (Å²) >= 11 is 1.93. The van der Waals surface area contributed by atoms with Crippen molar-refractivity contribution in [3.8, 4) is 5.00 Å². The predicted molar refractivity (Wildman–Crippen MR) is 144 cm³/mol. The summed E-state index contributed by atoms with van der Waals surface area (Å²) in [6.45, 7) is 6.89. The Morgan fingerprint density at radius 2 is 1.80 bits per heavy atom. The van der Waals surface area contributed by atoms with E-state index in [0.29, 0.717) is 6.54 Å². The average molecular weight is 482 g/mol. The predicted octanol–water partition coefficient (Wildman–Crippen LogP) is 7.48. The molecule has 35 heavy (non-hydrogen) atoms. The fourth-order valence-electron chi connectivity index (χ4n) is 5.65. The number of aromatic nitrogens is 1. The number of amides is 2. The number of nitrogens with one attached hydrogen (secondary N) is 1. The quantitative estimate of drug-likeness (QED) is 0.317. The summed E-state index contributed by atoms with van der Waals surface area (Å²) < 4.78 is 2.34. The lowest BCUT2D eigenvalue weighted by Gasteiger charge is -2.32. The Morgan fingerprint density at radius 3 is 2.66 bits per heavy atom. The lowest BCUT2D eigenvalue weighted by molar-refractivity contribution is 0.194. The number of rotatable bonds is 2. The largest absolute Gasteiger partial charge is 0.322 e. The smallest absolute Gasteiger partial charge is 0.310 e. The zero-order valence-electron chi connectivity index (χ0n) is 20.6. The summed E-state index contributed by atoms with van der Waals surface area (Å²) in [5.41, 5.74) is 9.46. The summed E-state index contributed by atoms with van der Waals surface area (Å²) in [6, 6.07) is 18.8. The first kappa shape index (κ1) is 22.2. The minimum atomic E-state index is -0.172. The average Bonchev–Trinajstić information content (AvgIpc) is 3.44. The van der Waals surface area contributed by atoms with E-state index in [1.807, 2.05) is 23.5 Å². The molecule has 0 saturated heterocycles. The molecule has 0 spiro atoms. The summed E-state index contributed by atoms with van der Waals surface area (Å²) in [6.07, 6.45) is 6.92. The summed E-state index contributed by atoms with van der Waals surface area (Å²) in [7, 11) is 0. The van der Waals surface area contributed by atoms with Gasteiger partial charge in [0.25, 0.3) is 0 Å². The van der Waals surface area contributed by atoms with E-state index in [0.717, 1.165) is 35.3 Å². The maximum absolute atomic E-state index is 14.1. The fourth-order valence-corrected chi connectivity index (χ4v) is 7.05. The lowest BCUT2D eigenvalue weighted by Crippen LogP contribution is -2.38. The normalized spacial score (nSPS) is 16.8. The fraction of sp³-hybridized carbons (Fsp3) is 0.300. The van der Waals surface area contributed by atoms with Crippen LogP contribution < -0.4 is 5.32 Å². The Bertz CT molecular complexity index is 1430. The Kier molecular flexibility index (Phi) is 5.53. The molecule has 4 nitrogen and oxygen atoms in total. The minimum Gasteiger partial charge on any atom is -0.310 e. The molecule has 6 rings (SSSR count). The molecule has 1 N–H and O–H groups in total. The van der Waals surface area contributed by atoms with Crippen molar-refractivity contribution in [2.45, 2.75) is 59.0 Å². The topological polar surface area (TPSA) is 37.3 Å². The number of carbonyl (C=O) groups excluding carboxylic acids is 1. The van der Waals surface area contributed by atoms with Gasteiger partial charge in [-0.05, 0) is 86.9 Å². The van der Waals surface area contributed by atoms with Crippen molar-refractivity contribution in [1.82, 2.24) is 9.47 Å². The molecule has 0 bridgehead atoms. The van der Waals surface area contributed by atoms with Gasteiger partial charge in [-0.1, -0.05) is 42.0 Å². The van der Waals surface area contributed by atoms with Crippen LogP contribution in [0.2, 0.25) is 0 Å². The van der Waals surface area contributed by atoms with Crippen molar-refractivity contribution in [2.75, 3.05) is 5.32 Å². The van der Waals surface area contributed by atoms with Gasteiger partial charge in [0.1, 0.15) is 5.00 Å². The summed E-state index contributed by atoms with van der Waals surface area (Å²) in [5, 5.41) is 4.56. The van der Waals surface area contributed by atoms with E-state index in [2.05, 4.69) is 84.2 Å². The molecule has 2 aromatic heterocycles. The number of nitrogens with zero attached hydrogens (tertiary/aromatic N) is 2. The molecule has 0 fully saturated rings. The van der Waals surface area contributed by atoms with Gasteiger partial charge in [-0.25, -0.2) is 4.79 Å². The molecular weight excluding hydrogens is 450 g/mol. The number of anilines is 1. The Balaban J connectivity index is 1.51. The van der Waals surface area contributed by atoms with Crippen molar-refractivity contribution in [3.63, 3.8) is 0 Å². The summed E-state index contributed by atoms with van der Waals surface area (Å²) in [4.78, 5) is 17.6. The van der Waals surface area contributed by atoms with Gasteiger partial charge in [-0.3, -0.25) is 0 Å². The maximum atomic E-state index is 14.1. The molecule has 1 aliphatic carbocycles. The third-order valence-electron chi connectivity index (χ3n) is 7.64. The highest BCUT2D eigenvalue weighted by Gasteiger charge is 2.36. The van der Waals surface area contributed by atoms with E-state index in [-0.39, 0.29) is 12.1 Å². The van der Waals surface area contributed by atoms with Crippen LogP contribution in [0.4, 0.5) is 10.5 Å². The lowest BCUT2D eigenvalue weighted by atomic mass is 9.95. The second-order valence-electron chi connectivity index (χ2n) is 9.92. The van der Waals surface area contributed by atoms with Gasteiger partial charge < -0.3 is 14.8 Å². The molecule has 0 radical (unpaired) electrons. The van der Waals surface area contributed by atoms with Gasteiger partial charge in [-0.15, -0.1) is 11.3 Å². The van der Waals surface area contributed by atoms with Crippen molar-refractivity contribution < 1.29 is 4.79 Å². The van der Waals surface area contributed by atoms with E-state index >= 15 is 0 Å². The van der Waals surface area contributed by atoms with Crippen molar-refractivity contribution in [3.05, 3.63) is 105 Å². The maximum Gasteiger partial charge on any atom is 0.322 e. The van der Waals surface area contributed by atoms with Crippen LogP contribution in [0, 0.1) is 20.8 Å². The molecular formula is C30H31N3OS. The number of benzene rings is 2. The highest BCUT2D eigenvalue weighted by Crippen LogP contribution is 2.44. The Morgan fingerprint density at radius 1 is 0.971 bits per heavy atom. The van der Waals surface area contributed by atoms with Crippen LogP contribution in [0.3, 0.4) is 0 Å². The molecule has 178 valence electrons. The van der Waals surface area contributed by atoms with Gasteiger partial charge >= 0.3 is 6.03 Å². The highest BCUT2D eigenvalue weighted by molar-refractivity contribution is 7.15. The molecule has 2 aromatic carbocycles. The Hall–Kier alpha value is -3.31. The molecule has 2 amide bonds. The SMILES string of the molecule is Cc1cccc(C2c3cccn3-c3sc4c(c3CN2C(=O)Nc2cccc(C)c2C)CCCC4)c1. The van der Waals surface area contributed by atoms with E-state index in [9.17, 15) is 4.79 Å². The second kappa shape index (κ2) is 8.72. The van der Waals surface area contributed by atoms with Gasteiger partial charge in [0.05, 0.1) is 18.3 Å². The van der Waals surface area contributed by atoms with Crippen LogP contribution in [0.25, 0.3) is 5.00 Å². The van der Waals surface area contributed by atoms with Crippen LogP contribution in [0.5, 0.6) is 0 Å². The standard InChI is InChI=1S/C30H31N3OS/c1-19-9-6-11-22(17-19)28-26-14-8-16-32(26)29-24(23-12-4-5-15-27(23)35-29)18-33(28)30(34)31-25-13-7-10-20(2)21(25)3/h6-11,13-14,16-17,28H,4-5,12,15,18H2,1-3H3,(H,31,34). The monoisotopic (exact) mass is 481 g/mol. The minimum absolute atomic E-state index is 0.0541. The number of aryl methyl sites for hydroxylation is 3. The van der Waals surface area contributed by atoms with Crippen LogP contribution in [0.1, 0.15) is 62.8 Å². The molecule has 0 saturated carbocycles.